The van der Waals surface area contributed by atoms with Crippen molar-refractivity contribution >= 4 is 17.4 Å². The Labute approximate surface area is 182 Å². The number of aryl methyl sites for hydroxylation is 1. The number of nitrogens with zero attached hydrogens (tertiary/aromatic N) is 1. The predicted octanol–water partition coefficient (Wildman–Crippen LogP) is 3.78. The fourth-order valence-electron chi connectivity index (χ4n) is 4.40. The number of ether oxygens (including phenoxy) is 2. The summed E-state index contributed by atoms with van der Waals surface area (Å²) in [7, 11) is 1.60. The molecule has 0 saturated carbocycles. The van der Waals surface area contributed by atoms with E-state index in [4.69, 9.17) is 9.47 Å². The number of ketones is 1. The van der Waals surface area contributed by atoms with Gasteiger partial charge in [0, 0.05) is 32.2 Å². The molecule has 2 atom stereocenters. The van der Waals surface area contributed by atoms with Crippen molar-refractivity contribution < 1.29 is 24.2 Å². The molecule has 2 aliphatic heterocycles. The molecule has 31 heavy (non-hydrogen) atoms. The van der Waals surface area contributed by atoms with Crippen LogP contribution in [0.3, 0.4) is 0 Å². The minimum atomic E-state index is -0.661. The van der Waals surface area contributed by atoms with E-state index in [2.05, 4.69) is 0 Å². The lowest BCUT2D eigenvalue weighted by molar-refractivity contribution is -0.140. The Balaban J connectivity index is 1.80. The van der Waals surface area contributed by atoms with E-state index < -0.39 is 17.7 Å². The summed E-state index contributed by atoms with van der Waals surface area (Å²) < 4.78 is 10.9. The van der Waals surface area contributed by atoms with Crippen LogP contribution in [0.25, 0.3) is 5.76 Å². The van der Waals surface area contributed by atoms with Crippen molar-refractivity contribution in [2.45, 2.75) is 38.8 Å². The van der Waals surface area contributed by atoms with E-state index in [1.54, 1.807) is 18.1 Å². The zero-order valence-electron chi connectivity index (χ0n) is 18.1. The topological polar surface area (TPSA) is 76.1 Å². The molecule has 2 aromatic carbocycles. The monoisotopic (exact) mass is 421 g/mol. The molecule has 1 N–H and O–H groups in total. The van der Waals surface area contributed by atoms with Gasteiger partial charge in [0.2, 0.25) is 0 Å². The van der Waals surface area contributed by atoms with Gasteiger partial charge >= 0.3 is 0 Å². The highest BCUT2D eigenvalue weighted by molar-refractivity contribution is 6.46. The summed E-state index contributed by atoms with van der Waals surface area (Å²) in [6, 6.07) is 12.4. The maximum Gasteiger partial charge on any atom is 0.295 e. The maximum absolute atomic E-state index is 13.1. The highest BCUT2D eigenvalue weighted by Gasteiger charge is 2.45. The quantitative estimate of drug-likeness (QED) is 0.333. The van der Waals surface area contributed by atoms with E-state index in [0.29, 0.717) is 25.1 Å². The maximum atomic E-state index is 13.1. The van der Waals surface area contributed by atoms with Crippen LogP contribution >= 0.6 is 0 Å². The molecule has 0 bridgehead atoms. The van der Waals surface area contributed by atoms with Crippen molar-refractivity contribution in [2.24, 2.45) is 0 Å². The van der Waals surface area contributed by atoms with Gasteiger partial charge in [-0.05, 0) is 49.6 Å². The Kier molecular flexibility index (Phi) is 5.83. The molecule has 162 valence electrons. The van der Waals surface area contributed by atoms with Gasteiger partial charge < -0.3 is 19.5 Å². The summed E-state index contributed by atoms with van der Waals surface area (Å²) in [4.78, 5) is 27.5. The number of aliphatic hydroxyl groups is 1. The Morgan fingerprint density at radius 1 is 1.23 bits per heavy atom. The first kappa shape index (κ1) is 21.1. The SMILES string of the molecule is COCCCN1C(=O)C(=O)/C(=C(\O)c2ccc3c(c2)CC(C)O3)C1c1cccc(C)c1. The average molecular weight is 421 g/mol. The molecule has 6 nitrogen and oxygen atoms in total. The minimum absolute atomic E-state index is 0.0751. The van der Waals surface area contributed by atoms with E-state index >= 15 is 0 Å². The van der Waals surface area contributed by atoms with Crippen LogP contribution < -0.4 is 4.74 Å². The molecule has 1 amide bonds. The van der Waals surface area contributed by atoms with Gasteiger partial charge in [0.15, 0.2) is 0 Å². The highest BCUT2D eigenvalue weighted by Crippen LogP contribution is 2.40. The molecule has 1 fully saturated rings. The molecule has 0 aromatic heterocycles. The van der Waals surface area contributed by atoms with Crippen molar-refractivity contribution in [2.75, 3.05) is 20.3 Å². The second-order valence-corrected chi connectivity index (χ2v) is 8.21. The lowest BCUT2D eigenvalue weighted by atomic mass is 9.93. The number of Topliss-reactive ketones (excluding diaryl/α,β-unsaturated/α-hetero) is 1. The number of hydrogen-bond acceptors (Lipinski definition) is 5. The summed E-state index contributed by atoms with van der Waals surface area (Å²) >= 11 is 0. The van der Waals surface area contributed by atoms with Gasteiger partial charge in [-0.15, -0.1) is 0 Å². The van der Waals surface area contributed by atoms with Crippen LogP contribution in [0.15, 0.2) is 48.0 Å². The van der Waals surface area contributed by atoms with Crippen molar-refractivity contribution in [1.29, 1.82) is 0 Å². The van der Waals surface area contributed by atoms with Gasteiger partial charge in [-0.25, -0.2) is 0 Å². The van der Waals surface area contributed by atoms with E-state index in [9.17, 15) is 14.7 Å². The highest BCUT2D eigenvalue weighted by atomic mass is 16.5. The fraction of sp³-hybridized carbons (Fsp3) is 0.360. The lowest BCUT2D eigenvalue weighted by Crippen LogP contribution is -2.31. The molecular formula is C25H27NO5. The molecule has 1 saturated heterocycles. The van der Waals surface area contributed by atoms with Crippen LogP contribution in [0.2, 0.25) is 0 Å². The van der Waals surface area contributed by atoms with E-state index in [-0.39, 0.29) is 17.4 Å². The molecule has 6 heteroatoms. The third-order valence-electron chi connectivity index (χ3n) is 5.81. The van der Waals surface area contributed by atoms with Crippen LogP contribution in [0.1, 0.15) is 41.6 Å². The number of rotatable bonds is 6. The fourth-order valence-corrected chi connectivity index (χ4v) is 4.40. The van der Waals surface area contributed by atoms with Crippen LogP contribution in [0, 0.1) is 6.92 Å². The van der Waals surface area contributed by atoms with Gasteiger partial charge in [0.1, 0.15) is 17.6 Å². The second-order valence-electron chi connectivity index (χ2n) is 8.21. The largest absolute Gasteiger partial charge is 0.507 e. The molecule has 2 unspecified atom stereocenters. The summed E-state index contributed by atoms with van der Waals surface area (Å²) in [6.07, 6.45) is 1.41. The number of hydrogen-bond donors (Lipinski definition) is 1. The number of methoxy groups -OCH3 is 1. The lowest BCUT2D eigenvalue weighted by Gasteiger charge is -2.25. The van der Waals surface area contributed by atoms with Crippen molar-refractivity contribution in [3.05, 3.63) is 70.3 Å². The molecule has 0 aliphatic carbocycles. The molecular weight excluding hydrogens is 394 g/mol. The number of aliphatic hydroxyl groups excluding tert-OH is 1. The van der Waals surface area contributed by atoms with Crippen LogP contribution in [-0.2, 0) is 20.7 Å². The Morgan fingerprint density at radius 3 is 2.77 bits per heavy atom. The van der Waals surface area contributed by atoms with Crippen LogP contribution in [0.4, 0.5) is 0 Å². The summed E-state index contributed by atoms with van der Waals surface area (Å²) in [6.45, 7) is 4.79. The molecule has 0 radical (unpaired) electrons. The zero-order chi connectivity index (χ0) is 22.1. The van der Waals surface area contributed by atoms with Crippen LogP contribution in [-0.4, -0.2) is 48.1 Å². The smallest absolute Gasteiger partial charge is 0.295 e. The molecule has 0 spiro atoms. The van der Waals surface area contributed by atoms with Gasteiger partial charge in [-0.2, -0.15) is 0 Å². The first-order valence-corrected chi connectivity index (χ1v) is 10.5. The number of benzene rings is 2. The van der Waals surface area contributed by atoms with Crippen molar-refractivity contribution in [3.8, 4) is 5.75 Å². The zero-order valence-corrected chi connectivity index (χ0v) is 18.1. The Hall–Kier alpha value is -3.12. The van der Waals surface area contributed by atoms with Gasteiger partial charge in [0.05, 0.1) is 11.6 Å². The second kappa shape index (κ2) is 8.55. The number of likely N-dealkylation sites (tertiary alicyclic amines) is 1. The molecule has 4 rings (SSSR count). The van der Waals surface area contributed by atoms with Crippen LogP contribution in [0.5, 0.6) is 5.75 Å². The van der Waals surface area contributed by atoms with Gasteiger partial charge in [-0.1, -0.05) is 29.8 Å². The molecule has 2 aliphatic rings. The van der Waals surface area contributed by atoms with Crippen molar-refractivity contribution in [1.82, 2.24) is 4.90 Å². The third kappa shape index (κ3) is 3.95. The van der Waals surface area contributed by atoms with Crippen molar-refractivity contribution in [3.63, 3.8) is 0 Å². The first-order chi connectivity index (χ1) is 14.9. The number of fused-ring (bicyclic) bond motifs is 1. The molecule has 2 heterocycles. The number of carbonyl (C=O) groups excluding carboxylic acids is 2. The average Bonchev–Trinajstić information content (AvgIpc) is 3.24. The van der Waals surface area contributed by atoms with E-state index in [0.717, 1.165) is 28.9 Å². The predicted molar refractivity (Wildman–Crippen MR) is 117 cm³/mol. The van der Waals surface area contributed by atoms with Gasteiger partial charge in [0.25, 0.3) is 11.7 Å². The Morgan fingerprint density at radius 2 is 2.03 bits per heavy atom. The summed E-state index contributed by atoms with van der Waals surface area (Å²) in [5, 5.41) is 11.2. The first-order valence-electron chi connectivity index (χ1n) is 10.5. The summed E-state index contributed by atoms with van der Waals surface area (Å²) in [5.41, 5.74) is 3.45. The summed E-state index contributed by atoms with van der Waals surface area (Å²) in [5.74, 6) is -0.616. The number of amides is 1. The standard InChI is InChI=1S/C25H27NO5/c1-15-6-4-7-17(12-15)22-21(24(28)25(29)26(22)10-5-11-30-3)23(27)18-8-9-20-19(14-18)13-16(2)31-20/h4,6-9,12,14,16,22,27H,5,10-11,13H2,1-3H3/b23-21-. The third-order valence-corrected chi connectivity index (χ3v) is 5.81. The number of carbonyl (C=O) groups is 2. The van der Waals surface area contributed by atoms with Gasteiger partial charge in [-0.3, -0.25) is 9.59 Å². The Bertz CT molecular complexity index is 1060. The normalized spacial score (nSPS) is 22.0. The van der Waals surface area contributed by atoms with E-state index in [1.807, 2.05) is 50.2 Å². The minimum Gasteiger partial charge on any atom is -0.507 e. The molecule has 2 aromatic rings. The van der Waals surface area contributed by atoms with E-state index in [1.165, 1.54) is 0 Å².